The van der Waals surface area contributed by atoms with E-state index in [0.29, 0.717) is 15.6 Å². The Balaban J connectivity index is 2.80. The lowest BCUT2D eigenvalue weighted by Crippen LogP contribution is -2.15. The van der Waals surface area contributed by atoms with Crippen LogP contribution in [0.4, 0.5) is 0 Å². The first-order valence-corrected chi connectivity index (χ1v) is 5.90. The number of benzene rings is 1. The molecule has 0 heterocycles. The van der Waals surface area contributed by atoms with Crippen molar-refractivity contribution in [3.05, 3.63) is 33.8 Å². The Morgan fingerprint density at radius 1 is 1.35 bits per heavy atom. The van der Waals surface area contributed by atoms with Gasteiger partial charge in [0.1, 0.15) is 0 Å². The molecule has 1 rings (SSSR count). The Labute approximate surface area is 110 Å². The van der Waals surface area contributed by atoms with E-state index in [1.807, 2.05) is 0 Å². The quantitative estimate of drug-likeness (QED) is 0.859. The lowest BCUT2D eigenvalue weighted by molar-refractivity contribution is -0.142. The monoisotopic (exact) mass is 276 g/mol. The zero-order valence-corrected chi connectivity index (χ0v) is 11.1. The van der Waals surface area contributed by atoms with E-state index in [1.165, 1.54) is 7.11 Å². The average Bonchev–Trinajstić information content (AvgIpc) is 2.26. The van der Waals surface area contributed by atoms with Gasteiger partial charge in [0, 0.05) is 10.0 Å². The summed E-state index contributed by atoms with van der Waals surface area (Å²) < 4.78 is 4.55. The Hall–Kier alpha value is -0.770. The molecular weight excluding hydrogens is 263 g/mol. The number of esters is 1. The molecule has 1 aromatic carbocycles. The third kappa shape index (κ3) is 4.19. The van der Waals surface area contributed by atoms with Crippen LogP contribution >= 0.6 is 23.2 Å². The lowest BCUT2D eigenvalue weighted by atomic mass is 9.95. The largest absolute Gasteiger partial charge is 0.469 e. The number of ether oxygens (including phenoxy) is 1. The van der Waals surface area contributed by atoms with Gasteiger partial charge in [0.25, 0.3) is 0 Å². The molecule has 0 spiro atoms. The van der Waals surface area contributed by atoms with Crippen LogP contribution in [0.5, 0.6) is 0 Å². The van der Waals surface area contributed by atoms with Gasteiger partial charge in [-0.1, -0.05) is 30.1 Å². The van der Waals surface area contributed by atoms with Gasteiger partial charge in [0.15, 0.2) is 0 Å². The molecule has 2 atom stereocenters. The summed E-state index contributed by atoms with van der Waals surface area (Å²) in [6.07, 6.45) is -0.660. The molecule has 0 bridgehead atoms. The number of hydrogen-bond acceptors (Lipinski definition) is 3. The van der Waals surface area contributed by atoms with E-state index in [-0.39, 0.29) is 18.3 Å². The first-order valence-electron chi connectivity index (χ1n) is 5.15. The predicted octanol–water partition coefficient (Wildman–Crippen LogP) is 3.23. The summed E-state index contributed by atoms with van der Waals surface area (Å²) >= 11 is 11.7. The number of carbonyl (C=O) groups is 1. The standard InChI is InChI=1S/C12H14Cl2O3/c1-7(3-11(15)17-2)12(16)8-4-9(13)6-10(14)5-8/h4-7,12,16H,3H2,1-2H3. The molecule has 5 heteroatoms. The molecule has 1 N–H and O–H groups in total. The van der Waals surface area contributed by atoms with Gasteiger partial charge in [-0.2, -0.15) is 0 Å². The molecule has 3 nitrogen and oxygen atoms in total. The van der Waals surface area contributed by atoms with Gasteiger partial charge in [-0.15, -0.1) is 0 Å². The highest BCUT2D eigenvalue weighted by molar-refractivity contribution is 6.34. The summed E-state index contributed by atoms with van der Waals surface area (Å²) in [5.41, 5.74) is 0.596. The fourth-order valence-corrected chi connectivity index (χ4v) is 2.08. The van der Waals surface area contributed by atoms with Crippen molar-refractivity contribution in [1.82, 2.24) is 0 Å². The maximum atomic E-state index is 11.1. The molecule has 0 aliphatic carbocycles. The third-order valence-electron chi connectivity index (χ3n) is 2.48. The Morgan fingerprint density at radius 3 is 2.35 bits per heavy atom. The van der Waals surface area contributed by atoms with Crippen molar-refractivity contribution in [2.75, 3.05) is 7.11 Å². The predicted molar refractivity (Wildman–Crippen MR) is 67.2 cm³/mol. The lowest BCUT2D eigenvalue weighted by Gasteiger charge is -2.18. The molecule has 0 saturated carbocycles. The number of rotatable bonds is 4. The molecule has 0 aliphatic heterocycles. The van der Waals surface area contributed by atoms with Crippen LogP contribution in [0.3, 0.4) is 0 Å². The summed E-state index contributed by atoms with van der Waals surface area (Å²) in [7, 11) is 1.32. The minimum atomic E-state index is -0.801. The van der Waals surface area contributed by atoms with Crippen molar-refractivity contribution in [3.8, 4) is 0 Å². The van der Waals surface area contributed by atoms with E-state index in [0.717, 1.165) is 0 Å². The topological polar surface area (TPSA) is 46.5 Å². The maximum absolute atomic E-state index is 11.1. The van der Waals surface area contributed by atoms with E-state index >= 15 is 0 Å². The summed E-state index contributed by atoms with van der Waals surface area (Å²) in [5, 5.41) is 11.0. The van der Waals surface area contributed by atoms with Crippen LogP contribution in [0.1, 0.15) is 25.0 Å². The summed E-state index contributed by atoms with van der Waals surface area (Å²) in [6, 6.07) is 4.85. The van der Waals surface area contributed by atoms with Gasteiger partial charge < -0.3 is 9.84 Å². The Kier molecular flexibility index (Phi) is 5.25. The number of hydrogen-bond donors (Lipinski definition) is 1. The minimum absolute atomic E-state index is 0.141. The molecule has 0 aliphatic rings. The summed E-state index contributed by atoms with van der Waals surface area (Å²) in [6.45, 7) is 1.76. The highest BCUT2D eigenvalue weighted by Crippen LogP contribution is 2.29. The van der Waals surface area contributed by atoms with Gasteiger partial charge in [-0.05, 0) is 29.7 Å². The van der Waals surface area contributed by atoms with Gasteiger partial charge in [0.2, 0.25) is 0 Å². The van der Waals surface area contributed by atoms with Crippen LogP contribution < -0.4 is 0 Å². The van der Waals surface area contributed by atoms with E-state index in [2.05, 4.69) is 4.74 Å². The molecule has 94 valence electrons. The van der Waals surface area contributed by atoms with Crippen molar-refractivity contribution in [1.29, 1.82) is 0 Å². The molecule has 2 unspecified atom stereocenters. The summed E-state index contributed by atoms with van der Waals surface area (Å²) in [5.74, 6) is -0.623. The third-order valence-corrected chi connectivity index (χ3v) is 2.92. The fraction of sp³-hybridized carbons (Fsp3) is 0.417. The van der Waals surface area contributed by atoms with Gasteiger partial charge in [-0.25, -0.2) is 0 Å². The highest BCUT2D eigenvalue weighted by atomic mass is 35.5. The highest BCUT2D eigenvalue weighted by Gasteiger charge is 2.20. The second-order valence-electron chi connectivity index (χ2n) is 3.91. The average molecular weight is 277 g/mol. The SMILES string of the molecule is COC(=O)CC(C)C(O)c1cc(Cl)cc(Cl)c1. The molecular formula is C12H14Cl2O3. The smallest absolute Gasteiger partial charge is 0.305 e. The number of carbonyl (C=O) groups excluding carboxylic acids is 1. The number of aliphatic hydroxyl groups excluding tert-OH is 1. The Bertz CT molecular complexity index is 386. The fourth-order valence-electron chi connectivity index (χ4n) is 1.53. The van der Waals surface area contributed by atoms with Crippen LogP contribution in [0.2, 0.25) is 10.0 Å². The van der Waals surface area contributed by atoms with Crippen LogP contribution in [0.25, 0.3) is 0 Å². The van der Waals surface area contributed by atoms with Crippen LogP contribution in [-0.4, -0.2) is 18.2 Å². The molecule has 0 amide bonds. The Morgan fingerprint density at radius 2 is 1.88 bits per heavy atom. The number of aliphatic hydroxyl groups is 1. The molecule has 0 aromatic heterocycles. The van der Waals surface area contributed by atoms with Crippen molar-refractivity contribution in [3.63, 3.8) is 0 Å². The minimum Gasteiger partial charge on any atom is -0.469 e. The second-order valence-corrected chi connectivity index (χ2v) is 4.78. The first kappa shape index (κ1) is 14.3. The summed E-state index contributed by atoms with van der Waals surface area (Å²) in [4.78, 5) is 11.1. The first-order chi connectivity index (χ1) is 7.93. The van der Waals surface area contributed by atoms with Gasteiger partial charge >= 0.3 is 5.97 Å². The van der Waals surface area contributed by atoms with E-state index < -0.39 is 6.10 Å². The van der Waals surface area contributed by atoms with Gasteiger partial charge in [-0.3, -0.25) is 4.79 Å². The molecule has 0 radical (unpaired) electrons. The van der Waals surface area contributed by atoms with Crippen molar-refractivity contribution < 1.29 is 14.6 Å². The zero-order chi connectivity index (χ0) is 13.0. The molecule has 0 fully saturated rings. The van der Waals surface area contributed by atoms with Crippen LogP contribution in [0, 0.1) is 5.92 Å². The van der Waals surface area contributed by atoms with Crippen molar-refractivity contribution in [2.24, 2.45) is 5.92 Å². The molecule has 0 saturated heterocycles. The van der Waals surface area contributed by atoms with E-state index in [4.69, 9.17) is 23.2 Å². The van der Waals surface area contributed by atoms with Crippen molar-refractivity contribution in [2.45, 2.75) is 19.4 Å². The second kappa shape index (κ2) is 6.24. The van der Waals surface area contributed by atoms with Crippen LogP contribution in [-0.2, 0) is 9.53 Å². The number of halogens is 2. The van der Waals surface area contributed by atoms with Gasteiger partial charge in [0.05, 0.1) is 19.6 Å². The normalized spacial score (nSPS) is 14.2. The molecule has 17 heavy (non-hydrogen) atoms. The molecule has 1 aromatic rings. The van der Waals surface area contributed by atoms with Crippen LogP contribution in [0.15, 0.2) is 18.2 Å². The van der Waals surface area contributed by atoms with E-state index in [1.54, 1.807) is 25.1 Å². The number of methoxy groups -OCH3 is 1. The zero-order valence-electron chi connectivity index (χ0n) is 9.61. The van der Waals surface area contributed by atoms with E-state index in [9.17, 15) is 9.90 Å². The van der Waals surface area contributed by atoms with Crippen molar-refractivity contribution >= 4 is 29.2 Å². The maximum Gasteiger partial charge on any atom is 0.305 e.